The fraction of sp³-hybridized carbons (Fsp3) is 0.938. The minimum Gasteiger partial charge on any atom is -0.461 e. The van der Waals surface area contributed by atoms with Gasteiger partial charge in [0.2, 0.25) is 0 Å². The Kier molecular flexibility index (Phi) is 6.39. The highest BCUT2D eigenvalue weighted by molar-refractivity contribution is 5.76. The highest BCUT2D eigenvalue weighted by Crippen LogP contribution is 2.34. The molecule has 0 aliphatic rings. The molecular formula is C16H32O2. The van der Waals surface area contributed by atoms with Crippen molar-refractivity contribution < 1.29 is 9.53 Å². The SMILES string of the molecule is CC(C)C(OC(=O)C(C)(C)C(C)C(C)C)C(C)C. The summed E-state index contributed by atoms with van der Waals surface area (Å²) in [6.45, 7) is 18.9. The van der Waals surface area contributed by atoms with Crippen LogP contribution in [0.5, 0.6) is 0 Å². The minimum atomic E-state index is -0.420. The van der Waals surface area contributed by atoms with Crippen molar-refractivity contribution in [1.29, 1.82) is 0 Å². The van der Waals surface area contributed by atoms with E-state index in [1.54, 1.807) is 0 Å². The predicted octanol–water partition coefficient (Wildman–Crippen LogP) is 4.53. The first-order valence-electron chi connectivity index (χ1n) is 7.22. The zero-order valence-corrected chi connectivity index (χ0v) is 13.7. The van der Waals surface area contributed by atoms with Crippen molar-refractivity contribution in [2.24, 2.45) is 29.1 Å². The van der Waals surface area contributed by atoms with Crippen molar-refractivity contribution in [3.63, 3.8) is 0 Å². The molecule has 0 aliphatic heterocycles. The molecular weight excluding hydrogens is 224 g/mol. The average molecular weight is 256 g/mol. The molecule has 0 saturated heterocycles. The van der Waals surface area contributed by atoms with Crippen molar-refractivity contribution in [3.8, 4) is 0 Å². The second kappa shape index (κ2) is 6.58. The van der Waals surface area contributed by atoms with Crippen molar-refractivity contribution >= 4 is 5.97 Å². The summed E-state index contributed by atoms with van der Waals surface area (Å²) >= 11 is 0. The van der Waals surface area contributed by atoms with E-state index in [0.717, 1.165) is 0 Å². The summed E-state index contributed by atoms with van der Waals surface area (Å²) in [5.74, 6) is 1.45. The first kappa shape index (κ1) is 17.5. The lowest BCUT2D eigenvalue weighted by atomic mass is 9.74. The Bertz CT molecular complexity index is 256. The highest BCUT2D eigenvalue weighted by Gasteiger charge is 2.38. The molecule has 2 nitrogen and oxygen atoms in total. The first-order valence-corrected chi connectivity index (χ1v) is 7.22. The van der Waals surface area contributed by atoms with E-state index in [0.29, 0.717) is 23.7 Å². The van der Waals surface area contributed by atoms with Gasteiger partial charge >= 0.3 is 5.97 Å². The van der Waals surface area contributed by atoms with Crippen LogP contribution in [0.25, 0.3) is 0 Å². The van der Waals surface area contributed by atoms with Gasteiger partial charge in [-0.05, 0) is 37.5 Å². The molecule has 0 bridgehead atoms. The molecule has 0 aromatic rings. The molecule has 0 fully saturated rings. The molecule has 108 valence electrons. The van der Waals surface area contributed by atoms with Gasteiger partial charge in [-0.3, -0.25) is 4.79 Å². The summed E-state index contributed by atoms with van der Waals surface area (Å²) < 4.78 is 5.77. The van der Waals surface area contributed by atoms with Gasteiger partial charge in [-0.15, -0.1) is 0 Å². The molecule has 0 aliphatic carbocycles. The van der Waals surface area contributed by atoms with E-state index >= 15 is 0 Å². The molecule has 1 atom stereocenters. The molecule has 0 aromatic heterocycles. The van der Waals surface area contributed by atoms with E-state index < -0.39 is 5.41 Å². The van der Waals surface area contributed by atoms with Gasteiger partial charge in [0.05, 0.1) is 5.41 Å². The quantitative estimate of drug-likeness (QED) is 0.653. The molecule has 18 heavy (non-hydrogen) atoms. The molecule has 0 rings (SSSR count). The van der Waals surface area contributed by atoms with Gasteiger partial charge in [0, 0.05) is 0 Å². The Labute approximate surface area is 113 Å². The van der Waals surface area contributed by atoms with E-state index in [4.69, 9.17) is 4.74 Å². The Hall–Kier alpha value is -0.530. The third-order valence-electron chi connectivity index (χ3n) is 4.22. The fourth-order valence-electron chi connectivity index (χ4n) is 2.34. The minimum absolute atomic E-state index is 0.0103. The molecule has 0 spiro atoms. The molecule has 2 heteroatoms. The number of hydrogen-bond donors (Lipinski definition) is 0. The lowest BCUT2D eigenvalue weighted by molar-refractivity contribution is -0.168. The molecule has 0 heterocycles. The molecule has 0 amide bonds. The summed E-state index contributed by atoms with van der Waals surface area (Å²) in [6.07, 6.45) is 0.0103. The Morgan fingerprint density at radius 1 is 0.833 bits per heavy atom. The Morgan fingerprint density at radius 2 is 1.22 bits per heavy atom. The zero-order chi connectivity index (χ0) is 14.7. The van der Waals surface area contributed by atoms with E-state index in [1.807, 2.05) is 13.8 Å². The normalized spacial score (nSPS) is 14.7. The smallest absolute Gasteiger partial charge is 0.312 e. The summed E-state index contributed by atoms with van der Waals surface area (Å²) in [4.78, 5) is 12.4. The van der Waals surface area contributed by atoms with Gasteiger partial charge < -0.3 is 4.74 Å². The number of carbonyl (C=O) groups excluding carboxylic acids is 1. The molecule has 1 unspecified atom stereocenters. The number of ether oxygens (including phenoxy) is 1. The van der Waals surface area contributed by atoms with Gasteiger partial charge in [0.1, 0.15) is 6.10 Å². The van der Waals surface area contributed by atoms with Crippen molar-refractivity contribution in [1.82, 2.24) is 0 Å². The van der Waals surface area contributed by atoms with E-state index in [-0.39, 0.29) is 12.1 Å². The molecule has 0 aromatic carbocycles. The number of esters is 1. The summed E-state index contributed by atoms with van der Waals surface area (Å²) in [5, 5.41) is 0. The maximum absolute atomic E-state index is 12.4. The fourth-order valence-corrected chi connectivity index (χ4v) is 2.34. The number of rotatable bonds is 6. The number of hydrogen-bond acceptors (Lipinski definition) is 2. The second-order valence-electron chi connectivity index (χ2n) is 7.11. The van der Waals surface area contributed by atoms with E-state index in [2.05, 4.69) is 48.5 Å². The van der Waals surface area contributed by atoms with Crippen LogP contribution in [-0.4, -0.2) is 12.1 Å². The van der Waals surface area contributed by atoms with Crippen LogP contribution in [0.1, 0.15) is 62.3 Å². The summed E-state index contributed by atoms with van der Waals surface area (Å²) in [5.41, 5.74) is -0.420. The Morgan fingerprint density at radius 3 is 1.50 bits per heavy atom. The topological polar surface area (TPSA) is 26.3 Å². The first-order chi connectivity index (χ1) is 8.01. The maximum Gasteiger partial charge on any atom is 0.312 e. The average Bonchev–Trinajstić information content (AvgIpc) is 2.22. The highest BCUT2D eigenvalue weighted by atomic mass is 16.5. The van der Waals surface area contributed by atoms with Crippen LogP contribution in [0.3, 0.4) is 0 Å². The maximum atomic E-state index is 12.4. The largest absolute Gasteiger partial charge is 0.461 e. The summed E-state index contributed by atoms with van der Waals surface area (Å²) in [7, 11) is 0. The Balaban J connectivity index is 4.84. The van der Waals surface area contributed by atoms with Crippen LogP contribution in [0.15, 0.2) is 0 Å². The lowest BCUT2D eigenvalue weighted by Gasteiger charge is -2.35. The monoisotopic (exact) mass is 256 g/mol. The van der Waals surface area contributed by atoms with E-state index in [9.17, 15) is 4.79 Å². The molecule has 0 N–H and O–H groups in total. The zero-order valence-electron chi connectivity index (χ0n) is 13.7. The van der Waals surface area contributed by atoms with E-state index in [1.165, 1.54) is 0 Å². The standard InChI is InChI=1S/C16H32O2/c1-10(2)13(7)16(8,9)15(17)18-14(11(3)4)12(5)6/h10-14H,1-9H3. The van der Waals surface area contributed by atoms with Gasteiger partial charge in [0.15, 0.2) is 0 Å². The van der Waals surface area contributed by atoms with Gasteiger partial charge in [-0.2, -0.15) is 0 Å². The predicted molar refractivity (Wildman–Crippen MR) is 77.3 cm³/mol. The number of carbonyl (C=O) groups is 1. The summed E-state index contributed by atoms with van der Waals surface area (Å²) in [6, 6.07) is 0. The van der Waals surface area contributed by atoms with Crippen molar-refractivity contribution in [2.75, 3.05) is 0 Å². The van der Waals surface area contributed by atoms with Crippen LogP contribution in [0.2, 0.25) is 0 Å². The van der Waals surface area contributed by atoms with Crippen LogP contribution >= 0.6 is 0 Å². The third kappa shape index (κ3) is 4.29. The van der Waals surface area contributed by atoms with Crippen molar-refractivity contribution in [2.45, 2.75) is 68.4 Å². The van der Waals surface area contributed by atoms with Crippen LogP contribution in [-0.2, 0) is 9.53 Å². The van der Waals surface area contributed by atoms with Crippen LogP contribution in [0.4, 0.5) is 0 Å². The van der Waals surface area contributed by atoms with Crippen molar-refractivity contribution in [3.05, 3.63) is 0 Å². The van der Waals surface area contributed by atoms with Crippen LogP contribution < -0.4 is 0 Å². The third-order valence-corrected chi connectivity index (χ3v) is 4.22. The van der Waals surface area contributed by atoms with Gasteiger partial charge in [-0.25, -0.2) is 0 Å². The second-order valence-corrected chi connectivity index (χ2v) is 7.11. The van der Waals surface area contributed by atoms with Gasteiger partial charge in [-0.1, -0.05) is 48.5 Å². The van der Waals surface area contributed by atoms with Gasteiger partial charge in [0.25, 0.3) is 0 Å². The molecule has 0 saturated carbocycles. The molecule has 0 radical (unpaired) electrons. The van der Waals surface area contributed by atoms with Crippen LogP contribution in [0, 0.1) is 29.1 Å². The lowest BCUT2D eigenvalue weighted by Crippen LogP contribution is -2.40.